The van der Waals surface area contributed by atoms with Crippen molar-refractivity contribution in [3.8, 4) is 16.9 Å². The standard InChI is InChI=1S/C32H41N5O5/c1-31(2,3)41-29(38)36-15-8-9-21(19-36)25-18-24-22(12-13-33-27(24)35-25)23-17-20(10-11-26(23)40-7)28-34-14-16-37(28)30(39)42-32(4,5)6/h10-13,17-18,21H,8-9,14-16,19H2,1-7H3,(H,33,35). The summed E-state index contributed by atoms with van der Waals surface area (Å²) in [6.07, 6.45) is 2.94. The third-order valence-corrected chi connectivity index (χ3v) is 7.27. The second-order valence-electron chi connectivity index (χ2n) is 12.9. The smallest absolute Gasteiger partial charge is 0.416 e. The van der Waals surface area contributed by atoms with Gasteiger partial charge in [-0.3, -0.25) is 9.89 Å². The number of benzene rings is 1. The number of aromatic amines is 1. The maximum Gasteiger partial charge on any atom is 0.416 e. The minimum Gasteiger partial charge on any atom is -0.496 e. The normalized spacial score (nSPS) is 17.8. The fourth-order valence-electron chi connectivity index (χ4n) is 5.47. The Morgan fingerprint density at radius 2 is 1.69 bits per heavy atom. The lowest BCUT2D eigenvalue weighted by Crippen LogP contribution is -2.42. The predicted octanol–water partition coefficient (Wildman–Crippen LogP) is 6.35. The van der Waals surface area contributed by atoms with Crippen LogP contribution in [-0.4, -0.2) is 82.3 Å². The molecule has 2 aliphatic rings. The van der Waals surface area contributed by atoms with Crippen LogP contribution < -0.4 is 4.74 Å². The van der Waals surface area contributed by atoms with E-state index in [4.69, 9.17) is 14.2 Å². The molecular weight excluding hydrogens is 534 g/mol. The van der Waals surface area contributed by atoms with Crippen LogP contribution in [0.4, 0.5) is 9.59 Å². The van der Waals surface area contributed by atoms with E-state index >= 15 is 0 Å². The first-order valence-corrected chi connectivity index (χ1v) is 14.5. The topological polar surface area (TPSA) is 109 Å². The second kappa shape index (κ2) is 11.3. The van der Waals surface area contributed by atoms with Gasteiger partial charge in [-0.1, -0.05) is 0 Å². The molecule has 0 bridgehead atoms. The average Bonchev–Trinajstić information content (AvgIpc) is 3.59. The molecule has 0 spiro atoms. The zero-order chi connectivity index (χ0) is 30.2. The lowest BCUT2D eigenvalue weighted by Gasteiger charge is -2.33. The van der Waals surface area contributed by atoms with Crippen molar-refractivity contribution in [1.82, 2.24) is 19.8 Å². The van der Waals surface area contributed by atoms with Crippen LogP contribution >= 0.6 is 0 Å². The van der Waals surface area contributed by atoms with Gasteiger partial charge in [0.05, 0.1) is 20.2 Å². The summed E-state index contributed by atoms with van der Waals surface area (Å²) in [5.74, 6) is 1.42. The number of methoxy groups -OCH3 is 1. The number of amides is 2. The molecule has 1 unspecified atom stereocenters. The first-order chi connectivity index (χ1) is 19.8. The number of nitrogens with zero attached hydrogens (tertiary/aromatic N) is 4. The third kappa shape index (κ3) is 6.37. The molecule has 5 rings (SSSR count). The average molecular weight is 576 g/mol. The number of hydrogen-bond acceptors (Lipinski definition) is 7. The number of aliphatic imine (C=N–C) groups is 1. The molecule has 3 aromatic rings. The van der Waals surface area contributed by atoms with Crippen molar-refractivity contribution in [2.75, 3.05) is 33.3 Å². The summed E-state index contributed by atoms with van der Waals surface area (Å²) in [5.41, 5.74) is 3.27. The predicted molar refractivity (Wildman–Crippen MR) is 162 cm³/mol. The Hall–Kier alpha value is -4.08. The van der Waals surface area contributed by atoms with Gasteiger partial charge in [-0.15, -0.1) is 0 Å². The maximum atomic E-state index is 12.9. The van der Waals surface area contributed by atoms with E-state index < -0.39 is 17.3 Å². The SMILES string of the molecule is COc1ccc(C2=NCCN2C(=O)OC(C)(C)C)cc1-c1ccnc2[nH]c(C3CCCN(C(=O)OC(C)(C)C)C3)cc12. The number of aromatic nitrogens is 2. The van der Waals surface area contributed by atoms with Gasteiger partial charge in [0.15, 0.2) is 0 Å². The van der Waals surface area contributed by atoms with Gasteiger partial charge < -0.3 is 24.1 Å². The molecule has 1 saturated heterocycles. The van der Waals surface area contributed by atoms with Gasteiger partial charge >= 0.3 is 12.2 Å². The summed E-state index contributed by atoms with van der Waals surface area (Å²) in [7, 11) is 1.65. The number of H-pyrrole nitrogens is 1. The molecule has 0 radical (unpaired) electrons. The number of nitrogens with one attached hydrogen (secondary N) is 1. The maximum absolute atomic E-state index is 12.9. The summed E-state index contributed by atoms with van der Waals surface area (Å²) >= 11 is 0. The number of piperidine rings is 1. The van der Waals surface area contributed by atoms with Crippen LogP contribution in [0.5, 0.6) is 5.75 Å². The lowest BCUT2D eigenvalue weighted by atomic mass is 9.94. The largest absolute Gasteiger partial charge is 0.496 e. The quantitative estimate of drug-likeness (QED) is 0.388. The Morgan fingerprint density at radius 3 is 2.40 bits per heavy atom. The minimum absolute atomic E-state index is 0.136. The van der Waals surface area contributed by atoms with Gasteiger partial charge in [0, 0.05) is 47.4 Å². The summed E-state index contributed by atoms with van der Waals surface area (Å²) < 4.78 is 17.0. The van der Waals surface area contributed by atoms with Crippen LogP contribution in [0.1, 0.15) is 71.6 Å². The zero-order valence-corrected chi connectivity index (χ0v) is 25.6. The van der Waals surface area contributed by atoms with Crippen molar-refractivity contribution in [3.63, 3.8) is 0 Å². The number of rotatable bonds is 4. The minimum atomic E-state index is -0.604. The second-order valence-corrected chi connectivity index (χ2v) is 12.9. The molecule has 0 aliphatic carbocycles. The summed E-state index contributed by atoms with van der Waals surface area (Å²) in [6.45, 7) is 13.5. The van der Waals surface area contributed by atoms with Crippen molar-refractivity contribution in [3.05, 3.63) is 47.8 Å². The number of carbonyl (C=O) groups is 2. The van der Waals surface area contributed by atoms with Crippen molar-refractivity contribution in [1.29, 1.82) is 0 Å². The highest BCUT2D eigenvalue weighted by molar-refractivity contribution is 6.09. The van der Waals surface area contributed by atoms with Crippen LogP contribution in [0.25, 0.3) is 22.2 Å². The van der Waals surface area contributed by atoms with Crippen molar-refractivity contribution in [2.24, 2.45) is 4.99 Å². The molecule has 10 heteroatoms. The molecule has 4 heterocycles. The first kappa shape index (κ1) is 29.4. The number of pyridine rings is 1. The highest BCUT2D eigenvalue weighted by Gasteiger charge is 2.31. The van der Waals surface area contributed by atoms with Crippen molar-refractivity contribution in [2.45, 2.75) is 71.5 Å². The van der Waals surface area contributed by atoms with Gasteiger partial charge in [0.2, 0.25) is 0 Å². The van der Waals surface area contributed by atoms with Gasteiger partial charge in [-0.2, -0.15) is 0 Å². The molecule has 10 nitrogen and oxygen atoms in total. The van der Waals surface area contributed by atoms with E-state index in [1.807, 2.05) is 65.8 Å². The number of likely N-dealkylation sites (tertiary alicyclic amines) is 1. The van der Waals surface area contributed by atoms with E-state index in [9.17, 15) is 9.59 Å². The fraction of sp³-hybridized carbons (Fsp3) is 0.500. The monoisotopic (exact) mass is 575 g/mol. The number of hydrogen-bond donors (Lipinski definition) is 1. The highest BCUT2D eigenvalue weighted by atomic mass is 16.6. The number of ether oxygens (including phenoxy) is 3. The van der Waals surface area contributed by atoms with Crippen LogP contribution in [0.2, 0.25) is 0 Å². The van der Waals surface area contributed by atoms with E-state index in [0.717, 1.165) is 46.3 Å². The van der Waals surface area contributed by atoms with Crippen LogP contribution in [0.3, 0.4) is 0 Å². The zero-order valence-electron chi connectivity index (χ0n) is 25.6. The van der Waals surface area contributed by atoms with Crippen LogP contribution in [0.15, 0.2) is 41.5 Å². The van der Waals surface area contributed by atoms with Gasteiger partial charge in [-0.05, 0) is 90.3 Å². The summed E-state index contributed by atoms with van der Waals surface area (Å²) in [5, 5.41) is 0.953. The Labute approximate surface area is 247 Å². The molecule has 0 saturated carbocycles. The van der Waals surface area contributed by atoms with E-state index in [-0.39, 0.29) is 12.0 Å². The van der Waals surface area contributed by atoms with E-state index in [2.05, 4.69) is 21.0 Å². The molecule has 2 aliphatic heterocycles. The highest BCUT2D eigenvalue weighted by Crippen LogP contribution is 2.38. The Morgan fingerprint density at radius 1 is 0.952 bits per heavy atom. The number of fused-ring (bicyclic) bond motifs is 1. The van der Waals surface area contributed by atoms with Gasteiger partial charge in [-0.25, -0.2) is 14.6 Å². The fourth-order valence-corrected chi connectivity index (χ4v) is 5.47. The number of amidine groups is 1. The Bertz CT molecular complexity index is 1510. The molecule has 2 amide bonds. The molecular formula is C32H41N5O5. The molecule has 1 N–H and O–H groups in total. The van der Waals surface area contributed by atoms with Crippen LogP contribution in [0, 0.1) is 0 Å². The summed E-state index contributed by atoms with van der Waals surface area (Å²) in [6, 6.07) is 9.92. The molecule has 1 aromatic carbocycles. The van der Waals surface area contributed by atoms with Crippen LogP contribution in [-0.2, 0) is 9.47 Å². The van der Waals surface area contributed by atoms with Crippen molar-refractivity contribution >= 4 is 29.1 Å². The lowest BCUT2D eigenvalue weighted by molar-refractivity contribution is 0.0197. The summed E-state index contributed by atoms with van der Waals surface area (Å²) in [4.78, 5) is 41.9. The first-order valence-electron chi connectivity index (χ1n) is 14.5. The Kier molecular flexibility index (Phi) is 7.92. The number of carbonyl (C=O) groups excluding carboxylic acids is 2. The van der Waals surface area contributed by atoms with E-state index in [1.54, 1.807) is 23.1 Å². The van der Waals surface area contributed by atoms with E-state index in [1.165, 1.54) is 0 Å². The Balaban J connectivity index is 1.46. The molecule has 42 heavy (non-hydrogen) atoms. The molecule has 1 fully saturated rings. The molecule has 1 atom stereocenters. The van der Waals surface area contributed by atoms with Gasteiger partial charge in [0.1, 0.15) is 28.4 Å². The third-order valence-electron chi connectivity index (χ3n) is 7.27. The van der Waals surface area contributed by atoms with Gasteiger partial charge in [0.25, 0.3) is 0 Å². The molecule has 224 valence electrons. The van der Waals surface area contributed by atoms with Crippen molar-refractivity contribution < 1.29 is 23.8 Å². The molecule has 2 aromatic heterocycles. The van der Waals surface area contributed by atoms with E-state index in [0.29, 0.717) is 37.8 Å².